The standard InChI is InChI=1S/C21H27N7O6/c1-33-15(29)8-7-14(20(32)34-2)26-18(30)11-3-5-12(6-4-11)23-9-13-10-24-17-16(25-13)19(31)28-21(22)27-17/h3-6,13-14,23,25H,7-10H2,1-2H3,(H,26,30)(H4,22,24,27,28,31)/t13-,14-/m0/s1. The summed E-state index contributed by atoms with van der Waals surface area (Å²) in [5.74, 6) is -1.17. The van der Waals surface area contributed by atoms with Gasteiger partial charge in [-0.05, 0) is 30.7 Å². The quantitative estimate of drug-likeness (QED) is 0.267. The van der Waals surface area contributed by atoms with Crippen molar-refractivity contribution in [2.75, 3.05) is 49.0 Å². The number of aromatic amines is 1. The van der Waals surface area contributed by atoms with Crippen molar-refractivity contribution in [2.45, 2.75) is 24.9 Å². The number of aromatic nitrogens is 2. The first-order valence-electron chi connectivity index (χ1n) is 10.5. The van der Waals surface area contributed by atoms with E-state index >= 15 is 0 Å². The fourth-order valence-corrected chi connectivity index (χ4v) is 3.33. The molecular weight excluding hydrogens is 446 g/mol. The number of rotatable bonds is 9. The lowest BCUT2D eigenvalue weighted by Crippen LogP contribution is -2.42. The van der Waals surface area contributed by atoms with E-state index in [1.54, 1.807) is 24.3 Å². The fourth-order valence-electron chi connectivity index (χ4n) is 3.33. The molecule has 3 rings (SSSR count). The Morgan fingerprint density at radius 3 is 2.62 bits per heavy atom. The molecule has 1 amide bonds. The second kappa shape index (κ2) is 11.0. The van der Waals surface area contributed by atoms with Crippen LogP contribution in [0.4, 0.5) is 23.1 Å². The lowest BCUT2D eigenvalue weighted by atomic mass is 10.1. The van der Waals surface area contributed by atoms with Gasteiger partial charge in [0.2, 0.25) is 5.95 Å². The Labute approximate surface area is 194 Å². The van der Waals surface area contributed by atoms with Crippen LogP contribution >= 0.6 is 0 Å². The van der Waals surface area contributed by atoms with Gasteiger partial charge in [0.15, 0.2) is 5.82 Å². The van der Waals surface area contributed by atoms with Gasteiger partial charge in [-0.15, -0.1) is 0 Å². The van der Waals surface area contributed by atoms with Crippen LogP contribution in [0.3, 0.4) is 0 Å². The number of H-pyrrole nitrogens is 1. The summed E-state index contributed by atoms with van der Waals surface area (Å²) in [5.41, 5.74) is 6.61. The van der Waals surface area contributed by atoms with Crippen LogP contribution in [0.2, 0.25) is 0 Å². The number of hydrogen-bond acceptors (Lipinski definition) is 11. The highest BCUT2D eigenvalue weighted by atomic mass is 16.5. The third kappa shape index (κ3) is 6.15. The van der Waals surface area contributed by atoms with Crippen LogP contribution in [0, 0.1) is 0 Å². The Balaban J connectivity index is 1.55. The van der Waals surface area contributed by atoms with Crippen molar-refractivity contribution in [3.05, 3.63) is 40.2 Å². The summed E-state index contributed by atoms with van der Waals surface area (Å²) in [4.78, 5) is 54.4. The molecular formula is C21H27N7O6. The number of ether oxygens (including phenoxy) is 2. The van der Waals surface area contributed by atoms with Crippen LogP contribution in [0.25, 0.3) is 0 Å². The Morgan fingerprint density at radius 2 is 1.94 bits per heavy atom. The van der Waals surface area contributed by atoms with Crippen LogP contribution in [0.1, 0.15) is 23.2 Å². The van der Waals surface area contributed by atoms with Crippen molar-refractivity contribution in [3.63, 3.8) is 0 Å². The van der Waals surface area contributed by atoms with E-state index < -0.39 is 23.9 Å². The maximum atomic E-state index is 12.6. The zero-order valence-electron chi connectivity index (χ0n) is 18.8. The van der Waals surface area contributed by atoms with Crippen molar-refractivity contribution >= 4 is 41.0 Å². The first-order chi connectivity index (χ1) is 16.3. The highest BCUT2D eigenvalue weighted by Crippen LogP contribution is 2.20. The molecule has 1 aromatic carbocycles. The van der Waals surface area contributed by atoms with Gasteiger partial charge in [-0.3, -0.25) is 19.4 Å². The molecule has 1 aliphatic heterocycles. The molecule has 0 saturated heterocycles. The topological polar surface area (TPSA) is 190 Å². The minimum Gasteiger partial charge on any atom is -0.469 e. The first-order valence-corrected chi connectivity index (χ1v) is 10.5. The molecule has 2 heterocycles. The molecule has 1 aromatic heterocycles. The second-order valence-corrected chi connectivity index (χ2v) is 7.52. The monoisotopic (exact) mass is 473 g/mol. The Kier molecular flexibility index (Phi) is 7.90. The Hall–Kier alpha value is -4.29. The first kappa shape index (κ1) is 24.4. The highest BCUT2D eigenvalue weighted by Gasteiger charge is 2.24. The van der Waals surface area contributed by atoms with E-state index in [1.165, 1.54) is 14.2 Å². The molecule has 13 nitrogen and oxygen atoms in total. The number of esters is 2. The summed E-state index contributed by atoms with van der Waals surface area (Å²) in [7, 11) is 2.45. The minimum absolute atomic E-state index is 0.0384. The molecule has 0 aliphatic carbocycles. The van der Waals surface area contributed by atoms with Crippen LogP contribution in [-0.2, 0) is 19.1 Å². The van der Waals surface area contributed by atoms with Gasteiger partial charge in [0.05, 0.1) is 20.3 Å². The van der Waals surface area contributed by atoms with Crippen LogP contribution in [0.15, 0.2) is 29.1 Å². The van der Waals surface area contributed by atoms with Crippen molar-refractivity contribution < 1.29 is 23.9 Å². The summed E-state index contributed by atoms with van der Waals surface area (Å²) < 4.78 is 9.27. The van der Waals surface area contributed by atoms with Gasteiger partial charge in [-0.25, -0.2) is 4.79 Å². The summed E-state index contributed by atoms with van der Waals surface area (Å²) in [6.45, 7) is 1.01. The van der Waals surface area contributed by atoms with E-state index in [4.69, 9.17) is 10.5 Å². The van der Waals surface area contributed by atoms with Gasteiger partial charge >= 0.3 is 11.9 Å². The molecule has 2 aromatic rings. The number of nitrogens with zero attached hydrogens (tertiary/aromatic N) is 1. The third-order valence-corrected chi connectivity index (χ3v) is 5.16. The highest BCUT2D eigenvalue weighted by molar-refractivity contribution is 5.97. The average molecular weight is 473 g/mol. The SMILES string of the molecule is COC(=O)CC[C@H](NC(=O)c1ccc(NC[C@H]2CNc3nc(N)[nH]c(=O)c3N2)cc1)C(=O)OC. The van der Waals surface area contributed by atoms with Crippen LogP contribution in [0.5, 0.6) is 0 Å². The lowest BCUT2D eigenvalue weighted by Gasteiger charge is -2.27. The van der Waals surface area contributed by atoms with Crippen molar-refractivity contribution in [1.29, 1.82) is 0 Å². The molecule has 0 unspecified atom stereocenters. The summed E-state index contributed by atoms with van der Waals surface area (Å²) in [5, 5.41) is 12.0. The number of amides is 1. The molecule has 0 radical (unpaired) electrons. The van der Waals surface area contributed by atoms with Crippen LogP contribution in [-0.4, -0.2) is 67.2 Å². The van der Waals surface area contributed by atoms with Crippen molar-refractivity contribution in [2.24, 2.45) is 0 Å². The largest absolute Gasteiger partial charge is 0.469 e. The maximum Gasteiger partial charge on any atom is 0.328 e. The van der Waals surface area contributed by atoms with Crippen LogP contribution < -0.4 is 32.6 Å². The number of nitrogens with two attached hydrogens (primary N) is 1. The van der Waals surface area contributed by atoms with Crippen molar-refractivity contribution in [1.82, 2.24) is 15.3 Å². The molecule has 0 bridgehead atoms. The zero-order chi connectivity index (χ0) is 24.7. The van der Waals surface area contributed by atoms with E-state index in [0.29, 0.717) is 30.2 Å². The number of hydrogen-bond donors (Lipinski definition) is 6. The number of nitrogens with one attached hydrogen (secondary N) is 5. The second-order valence-electron chi connectivity index (χ2n) is 7.52. The predicted octanol–water partition coefficient (Wildman–Crippen LogP) is -0.105. The fraction of sp³-hybridized carbons (Fsp3) is 0.381. The van der Waals surface area contributed by atoms with E-state index in [1.807, 2.05) is 0 Å². The van der Waals surface area contributed by atoms with Gasteiger partial charge in [0.1, 0.15) is 11.7 Å². The Morgan fingerprint density at radius 1 is 1.21 bits per heavy atom. The number of nitrogen functional groups attached to an aromatic ring is 1. The van der Waals surface area contributed by atoms with Gasteiger partial charge < -0.3 is 36.5 Å². The number of anilines is 4. The Bertz CT molecular complexity index is 1100. The minimum atomic E-state index is -0.977. The molecule has 7 N–H and O–H groups in total. The molecule has 0 fully saturated rings. The summed E-state index contributed by atoms with van der Waals surface area (Å²) >= 11 is 0. The summed E-state index contributed by atoms with van der Waals surface area (Å²) in [6.07, 6.45) is 0.0183. The van der Waals surface area contributed by atoms with Gasteiger partial charge in [-0.2, -0.15) is 4.98 Å². The van der Waals surface area contributed by atoms with E-state index in [2.05, 4.69) is 36.0 Å². The van der Waals surface area contributed by atoms with Gasteiger partial charge in [-0.1, -0.05) is 0 Å². The molecule has 1 aliphatic rings. The number of fused-ring (bicyclic) bond motifs is 1. The molecule has 2 atom stereocenters. The molecule has 13 heteroatoms. The number of methoxy groups -OCH3 is 2. The normalized spacial score (nSPS) is 15.1. The predicted molar refractivity (Wildman–Crippen MR) is 125 cm³/mol. The average Bonchev–Trinajstić information content (AvgIpc) is 2.84. The molecule has 182 valence electrons. The third-order valence-electron chi connectivity index (χ3n) is 5.16. The van der Waals surface area contributed by atoms with Crippen molar-refractivity contribution in [3.8, 4) is 0 Å². The lowest BCUT2D eigenvalue weighted by molar-refractivity contribution is -0.144. The van der Waals surface area contributed by atoms with E-state index in [9.17, 15) is 19.2 Å². The molecule has 0 spiro atoms. The zero-order valence-corrected chi connectivity index (χ0v) is 18.8. The molecule has 0 saturated carbocycles. The van der Waals surface area contributed by atoms with Gasteiger partial charge in [0, 0.05) is 30.8 Å². The number of carbonyl (C=O) groups excluding carboxylic acids is 3. The maximum absolute atomic E-state index is 12.6. The van der Waals surface area contributed by atoms with Gasteiger partial charge in [0.25, 0.3) is 11.5 Å². The smallest absolute Gasteiger partial charge is 0.328 e. The van der Waals surface area contributed by atoms with E-state index in [-0.39, 0.29) is 30.4 Å². The number of benzene rings is 1. The summed E-state index contributed by atoms with van der Waals surface area (Å²) in [6, 6.07) is 5.57. The number of carbonyl (C=O) groups is 3. The van der Waals surface area contributed by atoms with E-state index in [0.717, 1.165) is 5.69 Å². The molecule has 34 heavy (non-hydrogen) atoms.